The fraction of sp³-hybridized carbons (Fsp3) is 0.250. The summed E-state index contributed by atoms with van der Waals surface area (Å²) in [6.07, 6.45) is 3.83. The summed E-state index contributed by atoms with van der Waals surface area (Å²) in [5.41, 5.74) is 0.524. The fourth-order valence-corrected chi connectivity index (χ4v) is 1.05. The number of esters is 1. The van der Waals surface area contributed by atoms with Crippen LogP contribution in [-0.4, -0.2) is 19.7 Å². The summed E-state index contributed by atoms with van der Waals surface area (Å²) in [7, 11) is 1.36. The van der Waals surface area contributed by atoms with Gasteiger partial charge in [0.2, 0.25) is 0 Å². The van der Waals surface area contributed by atoms with E-state index in [9.17, 15) is 4.79 Å². The molecule has 15 heavy (non-hydrogen) atoms. The molecule has 0 saturated carbocycles. The smallest absolute Gasteiger partial charge is 0.337 e. The van der Waals surface area contributed by atoms with Crippen molar-refractivity contribution >= 4 is 5.97 Å². The highest BCUT2D eigenvalue weighted by Crippen LogP contribution is 2.12. The van der Waals surface area contributed by atoms with E-state index in [-0.39, 0.29) is 5.97 Å². The van der Waals surface area contributed by atoms with E-state index in [4.69, 9.17) is 4.74 Å². The van der Waals surface area contributed by atoms with E-state index in [1.54, 1.807) is 24.3 Å². The van der Waals surface area contributed by atoms with Gasteiger partial charge in [-0.1, -0.05) is 12.2 Å². The standard InChI is InChI=1S/C12H14O3/c1-3-4-9-15-11-7-5-10(6-8-11)12(13)14-2/h3-8H,9H2,1-2H3/b4-3+. The van der Waals surface area contributed by atoms with Crippen LogP contribution in [0.25, 0.3) is 0 Å². The molecule has 0 radical (unpaired) electrons. The van der Waals surface area contributed by atoms with Crippen LogP contribution in [-0.2, 0) is 4.74 Å². The first-order valence-corrected chi connectivity index (χ1v) is 4.70. The molecule has 0 saturated heterocycles. The maximum Gasteiger partial charge on any atom is 0.337 e. The molecule has 80 valence electrons. The van der Waals surface area contributed by atoms with Gasteiger partial charge in [0.25, 0.3) is 0 Å². The molecular formula is C12H14O3. The van der Waals surface area contributed by atoms with Crippen molar-refractivity contribution in [3.63, 3.8) is 0 Å². The molecule has 0 aliphatic heterocycles. The van der Waals surface area contributed by atoms with Gasteiger partial charge in [0, 0.05) is 0 Å². The zero-order valence-corrected chi connectivity index (χ0v) is 8.90. The summed E-state index contributed by atoms with van der Waals surface area (Å²) in [5, 5.41) is 0. The van der Waals surface area contributed by atoms with Gasteiger partial charge < -0.3 is 9.47 Å². The molecular weight excluding hydrogens is 192 g/mol. The number of benzene rings is 1. The molecule has 0 aliphatic carbocycles. The summed E-state index contributed by atoms with van der Waals surface area (Å²) in [5.74, 6) is 0.399. The first-order valence-electron chi connectivity index (χ1n) is 4.70. The maximum absolute atomic E-state index is 11.1. The molecule has 0 amide bonds. The van der Waals surface area contributed by atoms with Crippen LogP contribution < -0.4 is 4.74 Å². The van der Waals surface area contributed by atoms with Crippen LogP contribution >= 0.6 is 0 Å². The van der Waals surface area contributed by atoms with Crippen molar-refractivity contribution in [1.82, 2.24) is 0 Å². The zero-order chi connectivity index (χ0) is 11.1. The SMILES string of the molecule is C/C=C/COc1ccc(C(=O)OC)cc1. The van der Waals surface area contributed by atoms with Gasteiger partial charge in [0.15, 0.2) is 0 Å². The molecule has 0 aliphatic rings. The second kappa shape index (κ2) is 5.86. The monoisotopic (exact) mass is 206 g/mol. The number of ether oxygens (including phenoxy) is 2. The Morgan fingerprint density at radius 1 is 1.33 bits per heavy atom. The quantitative estimate of drug-likeness (QED) is 0.560. The third-order valence-electron chi connectivity index (χ3n) is 1.86. The van der Waals surface area contributed by atoms with Gasteiger partial charge in [-0.05, 0) is 31.2 Å². The highest BCUT2D eigenvalue weighted by molar-refractivity contribution is 5.89. The normalized spacial score (nSPS) is 10.3. The molecule has 0 fully saturated rings. The summed E-state index contributed by atoms with van der Waals surface area (Å²) < 4.78 is 9.96. The lowest BCUT2D eigenvalue weighted by Crippen LogP contribution is -2.01. The van der Waals surface area contributed by atoms with Crippen molar-refractivity contribution in [2.75, 3.05) is 13.7 Å². The molecule has 0 atom stereocenters. The molecule has 0 spiro atoms. The van der Waals surface area contributed by atoms with E-state index in [2.05, 4.69) is 4.74 Å². The molecule has 1 aromatic rings. The Bertz CT molecular complexity index is 338. The molecule has 0 aromatic heterocycles. The average molecular weight is 206 g/mol. The number of methoxy groups -OCH3 is 1. The van der Waals surface area contributed by atoms with Gasteiger partial charge in [-0.15, -0.1) is 0 Å². The highest BCUT2D eigenvalue weighted by Gasteiger charge is 2.03. The van der Waals surface area contributed by atoms with Crippen LogP contribution in [0.1, 0.15) is 17.3 Å². The van der Waals surface area contributed by atoms with E-state index in [0.29, 0.717) is 12.2 Å². The molecule has 0 heterocycles. The summed E-state index contributed by atoms with van der Waals surface area (Å²) >= 11 is 0. The Labute approximate surface area is 89.3 Å². The third kappa shape index (κ3) is 3.46. The van der Waals surface area contributed by atoms with Crippen LogP contribution in [0.4, 0.5) is 0 Å². The second-order valence-corrected chi connectivity index (χ2v) is 2.90. The third-order valence-corrected chi connectivity index (χ3v) is 1.86. The Kier molecular flexibility index (Phi) is 4.41. The van der Waals surface area contributed by atoms with Crippen LogP contribution in [0, 0.1) is 0 Å². The Hall–Kier alpha value is -1.77. The van der Waals surface area contributed by atoms with Crippen molar-refractivity contribution < 1.29 is 14.3 Å². The van der Waals surface area contributed by atoms with Gasteiger partial charge in [-0.2, -0.15) is 0 Å². The van der Waals surface area contributed by atoms with E-state index in [1.165, 1.54) is 7.11 Å². The van der Waals surface area contributed by atoms with Gasteiger partial charge in [-0.3, -0.25) is 0 Å². The topological polar surface area (TPSA) is 35.5 Å². The average Bonchev–Trinajstić information content (AvgIpc) is 2.29. The van der Waals surface area contributed by atoms with Gasteiger partial charge in [0.1, 0.15) is 12.4 Å². The first-order chi connectivity index (χ1) is 7.27. The Balaban J connectivity index is 2.60. The number of hydrogen-bond acceptors (Lipinski definition) is 3. The zero-order valence-electron chi connectivity index (χ0n) is 8.90. The van der Waals surface area contributed by atoms with Crippen molar-refractivity contribution in [2.45, 2.75) is 6.92 Å². The second-order valence-electron chi connectivity index (χ2n) is 2.90. The molecule has 0 unspecified atom stereocenters. The molecule has 3 heteroatoms. The van der Waals surface area contributed by atoms with Crippen molar-refractivity contribution in [1.29, 1.82) is 0 Å². The molecule has 3 nitrogen and oxygen atoms in total. The number of rotatable bonds is 4. The minimum atomic E-state index is -0.338. The maximum atomic E-state index is 11.1. The van der Waals surface area contributed by atoms with Crippen LogP contribution in [0.5, 0.6) is 5.75 Å². The largest absolute Gasteiger partial charge is 0.490 e. The predicted molar refractivity (Wildman–Crippen MR) is 58.1 cm³/mol. The molecule has 0 N–H and O–H groups in total. The van der Waals surface area contributed by atoms with Crippen molar-refractivity contribution in [3.05, 3.63) is 42.0 Å². The van der Waals surface area contributed by atoms with Crippen molar-refractivity contribution in [2.24, 2.45) is 0 Å². The lowest BCUT2D eigenvalue weighted by molar-refractivity contribution is 0.0600. The molecule has 1 aromatic carbocycles. The van der Waals surface area contributed by atoms with E-state index >= 15 is 0 Å². The summed E-state index contributed by atoms with van der Waals surface area (Å²) in [6, 6.07) is 6.85. The lowest BCUT2D eigenvalue weighted by atomic mass is 10.2. The van der Waals surface area contributed by atoms with Crippen LogP contribution in [0.15, 0.2) is 36.4 Å². The molecule has 0 bridgehead atoms. The number of hydrogen-bond donors (Lipinski definition) is 0. The van der Waals surface area contributed by atoms with E-state index in [1.807, 2.05) is 19.1 Å². The van der Waals surface area contributed by atoms with E-state index in [0.717, 1.165) is 5.75 Å². The van der Waals surface area contributed by atoms with Crippen molar-refractivity contribution in [3.8, 4) is 5.75 Å². The Morgan fingerprint density at radius 3 is 2.53 bits per heavy atom. The number of carbonyl (C=O) groups is 1. The van der Waals surface area contributed by atoms with Crippen LogP contribution in [0.2, 0.25) is 0 Å². The van der Waals surface area contributed by atoms with Gasteiger partial charge >= 0.3 is 5.97 Å². The number of allylic oxidation sites excluding steroid dienone is 1. The number of carbonyl (C=O) groups excluding carboxylic acids is 1. The molecule has 1 rings (SSSR count). The van der Waals surface area contributed by atoms with Gasteiger partial charge in [-0.25, -0.2) is 4.79 Å². The van der Waals surface area contributed by atoms with E-state index < -0.39 is 0 Å². The van der Waals surface area contributed by atoms with Crippen LogP contribution in [0.3, 0.4) is 0 Å². The minimum Gasteiger partial charge on any atom is -0.490 e. The summed E-state index contributed by atoms with van der Waals surface area (Å²) in [6.45, 7) is 2.47. The minimum absolute atomic E-state index is 0.338. The fourth-order valence-electron chi connectivity index (χ4n) is 1.05. The Morgan fingerprint density at radius 2 is 2.00 bits per heavy atom. The predicted octanol–water partition coefficient (Wildman–Crippen LogP) is 2.43. The summed E-state index contributed by atoms with van der Waals surface area (Å²) in [4.78, 5) is 11.1. The highest BCUT2D eigenvalue weighted by atomic mass is 16.5. The lowest BCUT2D eigenvalue weighted by Gasteiger charge is -2.03. The first kappa shape index (κ1) is 11.3. The van der Waals surface area contributed by atoms with Gasteiger partial charge in [0.05, 0.1) is 12.7 Å².